The summed E-state index contributed by atoms with van der Waals surface area (Å²) in [5.41, 5.74) is 4.07. The second kappa shape index (κ2) is 10.2. The number of rotatable bonds is 4. The van der Waals surface area contributed by atoms with E-state index in [1.54, 1.807) is 11.1 Å². The van der Waals surface area contributed by atoms with Gasteiger partial charge in [-0.2, -0.15) is 0 Å². The molecular formula is C32H32N4O5. The highest BCUT2D eigenvalue weighted by molar-refractivity contribution is 5.99. The first-order valence-corrected chi connectivity index (χ1v) is 14.1. The SMILES string of the molecule is O=C(CN1C(=O)C2(COCCOC2)NC[C@H]1c1ccccc1)Nc1ccc2c(c1)C[C@@]1(C2)C(=O)Cc2ncccc21. The van der Waals surface area contributed by atoms with E-state index in [9.17, 15) is 14.4 Å². The van der Waals surface area contributed by atoms with Crippen molar-refractivity contribution in [2.24, 2.45) is 0 Å². The second-order valence-electron chi connectivity index (χ2n) is 11.5. The van der Waals surface area contributed by atoms with E-state index >= 15 is 0 Å². The molecule has 3 aromatic rings. The molecule has 9 nitrogen and oxygen atoms in total. The Morgan fingerprint density at radius 3 is 2.59 bits per heavy atom. The highest BCUT2D eigenvalue weighted by atomic mass is 16.5. The normalized spacial score (nSPS) is 24.8. The summed E-state index contributed by atoms with van der Waals surface area (Å²) in [5.74, 6) is -0.291. The Labute approximate surface area is 238 Å². The lowest BCUT2D eigenvalue weighted by Gasteiger charge is -2.45. The number of nitrogens with one attached hydrogen (secondary N) is 2. The fraction of sp³-hybridized carbons (Fsp3) is 0.375. The third-order valence-electron chi connectivity index (χ3n) is 8.99. The molecule has 3 heterocycles. The van der Waals surface area contributed by atoms with Gasteiger partial charge < -0.3 is 19.7 Å². The van der Waals surface area contributed by atoms with Crippen LogP contribution in [0.1, 0.15) is 34.0 Å². The molecule has 2 amide bonds. The van der Waals surface area contributed by atoms with Gasteiger partial charge >= 0.3 is 0 Å². The molecule has 2 atom stereocenters. The molecule has 0 radical (unpaired) electrons. The molecule has 2 aliphatic heterocycles. The monoisotopic (exact) mass is 552 g/mol. The maximum absolute atomic E-state index is 13.9. The van der Waals surface area contributed by atoms with Crippen LogP contribution in [-0.4, -0.2) is 72.5 Å². The second-order valence-corrected chi connectivity index (χ2v) is 11.5. The molecule has 7 rings (SSSR count). The first-order valence-electron chi connectivity index (χ1n) is 14.1. The Bertz CT molecular complexity index is 1520. The summed E-state index contributed by atoms with van der Waals surface area (Å²) in [6, 6.07) is 19.2. The molecule has 2 spiro atoms. The summed E-state index contributed by atoms with van der Waals surface area (Å²) in [6.45, 7) is 1.59. The van der Waals surface area contributed by atoms with Crippen molar-refractivity contribution in [2.75, 3.05) is 44.8 Å². The molecule has 210 valence electrons. The number of hydrogen-bond acceptors (Lipinski definition) is 7. The lowest BCUT2D eigenvalue weighted by atomic mass is 9.78. The maximum atomic E-state index is 13.9. The molecule has 9 heteroatoms. The van der Waals surface area contributed by atoms with Crippen molar-refractivity contribution in [1.82, 2.24) is 15.2 Å². The number of nitrogens with zero attached hydrogens (tertiary/aromatic N) is 2. The molecule has 4 aliphatic rings. The maximum Gasteiger partial charge on any atom is 0.248 e. The van der Waals surface area contributed by atoms with Crippen molar-refractivity contribution >= 4 is 23.3 Å². The minimum Gasteiger partial charge on any atom is -0.376 e. The van der Waals surface area contributed by atoms with Gasteiger partial charge in [0, 0.05) is 24.8 Å². The predicted molar refractivity (Wildman–Crippen MR) is 150 cm³/mol. The third-order valence-corrected chi connectivity index (χ3v) is 8.99. The number of piperazine rings is 1. The van der Waals surface area contributed by atoms with Gasteiger partial charge in [0.05, 0.1) is 43.6 Å². The van der Waals surface area contributed by atoms with E-state index in [2.05, 4.69) is 15.6 Å². The zero-order valence-electron chi connectivity index (χ0n) is 22.7. The predicted octanol–water partition coefficient (Wildman–Crippen LogP) is 2.14. The van der Waals surface area contributed by atoms with Crippen LogP contribution in [0.2, 0.25) is 0 Å². The highest BCUT2D eigenvalue weighted by Crippen LogP contribution is 2.46. The Kier molecular flexibility index (Phi) is 6.45. The lowest BCUT2D eigenvalue weighted by molar-refractivity contribution is -0.151. The largest absolute Gasteiger partial charge is 0.376 e. The van der Waals surface area contributed by atoms with Gasteiger partial charge in [0.15, 0.2) is 0 Å². The van der Waals surface area contributed by atoms with E-state index in [0.717, 1.165) is 27.9 Å². The molecular weight excluding hydrogens is 520 g/mol. The number of ether oxygens (including phenoxy) is 2. The van der Waals surface area contributed by atoms with Crippen molar-refractivity contribution in [2.45, 2.75) is 36.3 Å². The van der Waals surface area contributed by atoms with E-state index in [4.69, 9.17) is 9.47 Å². The van der Waals surface area contributed by atoms with Crippen molar-refractivity contribution in [1.29, 1.82) is 0 Å². The number of carbonyl (C=O) groups is 3. The van der Waals surface area contributed by atoms with Crippen LogP contribution in [0.5, 0.6) is 0 Å². The van der Waals surface area contributed by atoms with Crippen molar-refractivity contribution < 1.29 is 23.9 Å². The van der Waals surface area contributed by atoms with Crippen LogP contribution in [0.25, 0.3) is 0 Å². The number of fused-ring (bicyclic) bond motifs is 3. The zero-order valence-corrected chi connectivity index (χ0v) is 22.7. The van der Waals surface area contributed by atoms with Gasteiger partial charge in [-0.3, -0.25) is 24.7 Å². The first-order chi connectivity index (χ1) is 20.0. The van der Waals surface area contributed by atoms with Gasteiger partial charge in [-0.05, 0) is 53.3 Å². The van der Waals surface area contributed by atoms with Gasteiger partial charge in [-0.15, -0.1) is 0 Å². The lowest BCUT2D eigenvalue weighted by Crippen LogP contribution is -2.69. The summed E-state index contributed by atoms with van der Waals surface area (Å²) in [5, 5.41) is 6.40. The van der Waals surface area contributed by atoms with Gasteiger partial charge in [0.2, 0.25) is 11.8 Å². The summed E-state index contributed by atoms with van der Waals surface area (Å²) < 4.78 is 11.4. The summed E-state index contributed by atoms with van der Waals surface area (Å²) in [6.07, 6.45) is 3.35. The molecule has 0 bridgehead atoms. The van der Waals surface area contributed by atoms with Gasteiger partial charge in [-0.1, -0.05) is 42.5 Å². The smallest absolute Gasteiger partial charge is 0.248 e. The molecule has 2 fully saturated rings. The number of anilines is 1. The number of Topliss-reactive ketones (excluding diaryl/α,β-unsaturated/α-hetero) is 1. The van der Waals surface area contributed by atoms with Crippen LogP contribution >= 0.6 is 0 Å². The van der Waals surface area contributed by atoms with E-state index < -0.39 is 11.0 Å². The standard InChI is InChI=1S/C32H32N4O5/c37-28-14-26-25(7-4-10-33-26)31(28)15-22-8-9-24(13-23(22)16-31)35-29(38)18-36-27(21-5-2-1-3-6-21)17-34-32(30(36)39)19-40-11-12-41-20-32/h1-10,13,27,34H,11-12,14-20H2,(H,35,38)/t27-,31+/m0/s1. The summed E-state index contributed by atoms with van der Waals surface area (Å²) in [7, 11) is 0. The van der Waals surface area contributed by atoms with Crippen LogP contribution < -0.4 is 10.6 Å². The zero-order chi connectivity index (χ0) is 28.0. The Hall–Kier alpha value is -3.92. The van der Waals surface area contributed by atoms with Crippen LogP contribution in [-0.2, 0) is 48.5 Å². The molecule has 0 unspecified atom stereocenters. The van der Waals surface area contributed by atoms with Crippen LogP contribution in [0.4, 0.5) is 5.69 Å². The molecule has 0 saturated carbocycles. The van der Waals surface area contributed by atoms with E-state index in [1.807, 2.05) is 60.7 Å². The number of ketones is 1. The minimum atomic E-state index is -1.02. The summed E-state index contributed by atoms with van der Waals surface area (Å²) >= 11 is 0. The number of carbonyl (C=O) groups excluding carboxylic acids is 3. The Morgan fingerprint density at radius 2 is 1.78 bits per heavy atom. The fourth-order valence-corrected chi connectivity index (χ4v) is 6.91. The van der Waals surface area contributed by atoms with E-state index in [-0.39, 0.29) is 43.4 Å². The number of benzene rings is 2. The van der Waals surface area contributed by atoms with E-state index in [0.29, 0.717) is 44.7 Å². The highest BCUT2D eigenvalue weighted by Gasteiger charge is 2.51. The average Bonchev–Trinajstić information content (AvgIpc) is 3.38. The number of aromatic nitrogens is 1. The molecule has 41 heavy (non-hydrogen) atoms. The average molecular weight is 553 g/mol. The van der Waals surface area contributed by atoms with E-state index in [1.165, 1.54) is 0 Å². The van der Waals surface area contributed by atoms with Crippen molar-refractivity contribution in [3.8, 4) is 0 Å². The van der Waals surface area contributed by atoms with Crippen LogP contribution in [0, 0.1) is 0 Å². The summed E-state index contributed by atoms with van der Waals surface area (Å²) in [4.78, 5) is 46.7. The van der Waals surface area contributed by atoms with Crippen molar-refractivity contribution in [3.05, 3.63) is 94.8 Å². The molecule has 2 N–H and O–H groups in total. The third kappa shape index (κ3) is 4.45. The Balaban J connectivity index is 1.11. The number of hydrogen-bond donors (Lipinski definition) is 2. The first kappa shape index (κ1) is 26.0. The van der Waals surface area contributed by atoms with Crippen LogP contribution in [0.3, 0.4) is 0 Å². The van der Waals surface area contributed by atoms with Crippen LogP contribution in [0.15, 0.2) is 66.9 Å². The fourth-order valence-electron chi connectivity index (χ4n) is 6.91. The molecule has 2 saturated heterocycles. The molecule has 2 aromatic carbocycles. The Morgan fingerprint density at radius 1 is 1.00 bits per heavy atom. The quantitative estimate of drug-likeness (QED) is 0.511. The number of amides is 2. The van der Waals surface area contributed by atoms with Gasteiger partial charge in [-0.25, -0.2) is 0 Å². The van der Waals surface area contributed by atoms with Gasteiger partial charge in [0.25, 0.3) is 0 Å². The van der Waals surface area contributed by atoms with Gasteiger partial charge in [0.1, 0.15) is 17.9 Å². The van der Waals surface area contributed by atoms with Crippen molar-refractivity contribution in [3.63, 3.8) is 0 Å². The number of pyridine rings is 1. The minimum absolute atomic E-state index is 0.111. The topological polar surface area (TPSA) is 110 Å². The molecule has 1 aromatic heterocycles. The molecule has 2 aliphatic carbocycles.